The number of nitrogens with one attached hydrogen (secondary N) is 2. The van der Waals surface area contributed by atoms with E-state index in [-0.39, 0.29) is 17.9 Å². The van der Waals surface area contributed by atoms with Crippen LogP contribution in [0.5, 0.6) is 5.75 Å². The largest absolute Gasteiger partial charge is 0.497 e. The lowest BCUT2D eigenvalue weighted by atomic mass is 9.97. The number of hydrogen-bond donors (Lipinski definition) is 2. The van der Waals surface area contributed by atoms with E-state index in [4.69, 9.17) is 4.74 Å². The van der Waals surface area contributed by atoms with Crippen LogP contribution in [0.25, 0.3) is 0 Å². The molecule has 0 spiro atoms. The fourth-order valence-electron chi connectivity index (χ4n) is 3.53. The van der Waals surface area contributed by atoms with Gasteiger partial charge >= 0.3 is 0 Å². The van der Waals surface area contributed by atoms with Crippen LogP contribution in [0.3, 0.4) is 0 Å². The average molecular weight is 317 g/mol. The predicted molar refractivity (Wildman–Crippen MR) is 92.0 cm³/mol. The number of piperidine rings is 2. The van der Waals surface area contributed by atoms with Gasteiger partial charge in [-0.05, 0) is 44.4 Å². The Morgan fingerprint density at radius 2 is 2.26 bits per heavy atom. The van der Waals surface area contributed by atoms with Gasteiger partial charge < -0.3 is 20.3 Å². The summed E-state index contributed by atoms with van der Waals surface area (Å²) in [5, 5.41) is 6.58. The van der Waals surface area contributed by atoms with Crippen molar-refractivity contribution >= 4 is 11.6 Å². The number of anilines is 1. The molecular weight excluding hydrogens is 290 g/mol. The number of ether oxygens (including phenoxy) is 1. The van der Waals surface area contributed by atoms with Gasteiger partial charge in [0.15, 0.2) is 0 Å². The zero-order valence-electron chi connectivity index (χ0n) is 13.9. The van der Waals surface area contributed by atoms with Crippen molar-refractivity contribution in [2.45, 2.75) is 31.7 Å². The van der Waals surface area contributed by atoms with Crippen molar-refractivity contribution in [2.75, 3.05) is 38.2 Å². The van der Waals surface area contributed by atoms with Crippen LogP contribution in [-0.2, 0) is 4.79 Å². The molecular formula is C18H27N3O2. The highest BCUT2D eigenvalue weighted by Gasteiger charge is 2.26. The minimum absolute atomic E-state index is 0.135. The number of methoxy groups -OCH3 is 1. The summed E-state index contributed by atoms with van der Waals surface area (Å²) >= 11 is 0. The van der Waals surface area contributed by atoms with E-state index in [9.17, 15) is 4.79 Å². The Morgan fingerprint density at radius 3 is 3.04 bits per heavy atom. The zero-order valence-corrected chi connectivity index (χ0v) is 13.9. The average Bonchev–Trinajstić information content (AvgIpc) is 2.63. The van der Waals surface area contributed by atoms with Gasteiger partial charge in [-0.3, -0.25) is 4.79 Å². The van der Waals surface area contributed by atoms with Gasteiger partial charge in [-0.25, -0.2) is 0 Å². The van der Waals surface area contributed by atoms with Gasteiger partial charge in [0, 0.05) is 37.4 Å². The highest BCUT2D eigenvalue weighted by molar-refractivity contribution is 5.79. The van der Waals surface area contributed by atoms with Crippen LogP contribution in [-0.4, -0.2) is 45.2 Å². The summed E-state index contributed by atoms with van der Waals surface area (Å²) in [6, 6.07) is 8.39. The van der Waals surface area contributed by atoms with Gasteiger partial charge in [0.2, 0.25) is 5.91 Å². The summed E-state index contributed by atoms with van der Waals surface area (Å²) < 4.78 is 5.31. The molecule has 5 nitrogen and oxygen atoms in total. The molecule has 2 aliphatic rings. The van der Waals surface area contributed by atoms with Crippen molar-refractivity contribution in [3.8, 4) is 5.75 Å². The Bertz CT molecular complexity index is 529. The molecule has 0 saturated carbocycles. The Morgan fingerprint density at radius 1 is 1.35 bits per heavy atom. The van der Waals surface area contributed by atoms with E-state index < -0.39 is 0 Å². The third kappa shape index (κ3) is 4.16. The van der Waals surface area contributed by atoms with Crippen molar-refractivity contribution in [3.63, 3.8) is 0 Å². The molecule has 2 heterocycles. The first-order valence-corrected chi connectivity index (χ1v) is 8.66. The smallest absolute Gasteiger partial charge is 0.224 e. The molecule has 0 radical (unpaired) electrons. The molecule has 1 aromatic rings. The molecule has 2 unspecified atom stereocenters. The molecule has 2 N–H and O–H groups in total. The molecule has 1 amide bonds. The highest BCUT2D eigenvalue weighted by Crippen LogP contribution is 2.24. The molecule has 0 aliphatic carbocycles. The first-order chi connectivity index (χ1) is 11.3. The van der Waals surface area contributed by atoms with Crippen LogP contribution in [0.15, 0.2) is 24.3 Å². The maximum Gasteiger partial charge on any atom is 0.224 e. The van der Waals surface area contributed by atoms with Crippen LogP contribution in [0.1, 0.15) is 25.7 Å². The first kappa shape index (κ1) is 16.1. The van der Waals surface area contributed by atoms with Gasteiger partial charge in [0.25, 0.3) is 0 Å². The van der Waals surface area contributed by atoms with Crippen molar-refractivity contribution in [1.29, 1.82) is 0 Å². The highest BCUT2D eigenvalue weighted by atomic mass is 16.5. The van der Waals surface area contributed by atoms with E-state index >= 15 is 0 Å². The summed E-state index contributed by atoms with van der Waals surface area (Å²) in [6.45, 7) is 3.76. The Balaban J connectivity index is 1.58. The zero-order chi connectivity index (χ0) is 16.1. The van der Waals surface area contributed by atoms with Gasteiger partial charge in [-0.1, -0.05) is 6.07 Å². The molecule has 5 heteroatoms. The molecule has 0 aromatic heterocycles. The molecule has 2 atom stereocenters. The molecule has 126 valence electrons. The standard InChI is InChI=1S/C18H27N3O2/c1-23-17-8-2-7-16(11-17)21-10-4-6-15(13-21)20-18(22)14-5-3-9-19-12-14/h2,7-8,11,14-15,19H,3-6,9-10,12-13H2,1H3,(H,20,22). The second kappa shape index (κ2) is 7.68. The van der Waals surface area contributed by atoms with Crippen LogP contribution < -0.4 is 20.3 Å². The fourth-order valence-corrected chi connectivity index (χ4v) is 3.53. The molecule has 23 heavy (non-hydrogen) atoms. The van der Waals surface area contributed by atoms with Crippen LogP contribution in [0, 0.1) is 5.92 Å². The Kier molecular flexibility index (Phi) is 5.39. The topological polar surface area (TPSA) is 53.6 Å². The number of rotatable bonds is 4. The Labute approximate surface area is 138 Å². The van der Waals surface area contributed by atoms with Crippen molar-refractivity contribution < 1.29 is 9.53 Å². The maximum absolute atomic E-state index is 12.4. The van der Waals surface area contributed by atoms with Crippen LogP contribution >= 0.6 is 0 Å². The van der Waals surface area contributed by atoms with E-state index in [2.05, 4.69) is 27.7 Å². The lowest BCUT2D eigenvalue weighted by Crippen LogP contribution is -2.51. The normalized spacial score (nSPS) is 25.0. The van der Waals surface area contributed by atoms with Crippen molar-refractivity contribution in [1.82, 2.24) is 10.6 Å². The first-order valence-electron chi connectivity index (χ1n) is 8.66. The summed E-state index contributed by atoms with van der Waals surface area (Å²) in [5.41, 5.74) is 1.17. The SMILES string of the molecule is COc1cccc(N2CCCC(NC(=O)C3CCCNC3)C2)c1. The summed E-state index contributed by atoms with van der Waals surface area (Å²) in [4.78, 5) is 14.8. The molecule has 3 rings (SSSR count). The Hall–Kier alpha value is -1.75. The number of hydrogen-bond acceptors (Lipinski definition) is 4. The second-order valence-electron chi connectivity index (χ2n) is 6.54. The molecule has 2 saturated heterocycles. The number of carbonyl (C=O) groups excluding carboxylic acids is 1. The monoisotopic (exact) mass is 317 g/mol. The predicted octanol–water partition coefficient (Wildman–Crippen LogP) is 1.78. The number of benzene rings is 1. The third-order valence-electron chi connectivity index (χ3n) is 4.85. The van der Waals surface area contributed by atoms with E-state index in [1.165, 1.54) is 5.69 Å². The fraction of sp³-hybridized carbons (Fsp3) is 0.611. The summed E-state index contributed by atoms with van der Waals surface area (Å²) in [6.07, 6.45) is 4.27. The molecule has 2 aliphatic heterocycles. The quantitative estimate of drug-likeness (QED) is 0.889. The van der Waals surface area contributed by atoms with Gasteiger partial charge in [0.1, 0.15) is 5.75 Å². The van der Waals surface area contributed by atoms with Gasteiger partial charge in [-0.15, -0.1) is 0 Å². The van der Waals surface area contributed by atoms with Gasteiger partial charge in [-0.2, -0.15) is 0 Å². The van der Waals surface area contributed by atoms with Crippen molar-refractivity contribution in [2.24, 2.45) is 5.92 Å². The van der Waals surface area contributed by atoms with Crippen LogP contribution in [0.4, 0.5) is 5.69 Å². The van der Waals surface area contributed by atoms with E-state index in [1.807, 2.05) is 12.1 Å². The minimum Gasteiger partial charge on any atom is -0.497 e. The lowest BCUT2D eigenvalue weighted by Gasteiger charge is -2.35. The van der Waals surface area contributed by atoms with E-state index in [0.717, 1.165) is 57.6 Å². The number of nitrogens with zero attached hydrogens (tertiary/aromatic N) is 1. The lowest BCUT2D eigenvalue weighted by molar-refractivity contribution is -0.126. The summed E-state index contributed by atoms with van der Waals surface area (Å²) in [5.74, 6) is 1.23. The summed E-state index contributed by atoms with van der Waals surface area (Å²) in [7, 11) is 1.69. The number of carbonyl (C=O) groups is 1. The molecule has 0 bridgehead atoms. The van der Waals surface area contributed by atoms with Crippen molar-refractivity contribution in [3.05, 3.63) is 24.3 Å². The van der Waals surface area contributed by atoms with Gasteiger partial charge in [0.05, 0.1) is 13.0 Å². The molecule has 2 fully saturated rings. The maximum atomic E-state index is 12.4. The third-order valence-corrected chi connectivity index (χ3v) is 4.85. The molecule has 1 aromatic carbocycles. The number of amides is 1. The van der Waals surface area contributed by atoms with Crippen LogP contribution in [0.2, 0.25) is 0 Å². The van der Waals surface area contributed by atoms with E-state index in [1.54, 1.807) is 7.11 Å². The van der Waals surface area contributed by atoms with E-state index in [0.29, 0.717) is 0 Å². The minimum atomic E-state index is 0.135. The second-order valence-corrected chi connectivity index (χ2v) is 6.54.